The van der Waals surface area contributed by atoms with Crippen LogP contribution < -0.4 is 5.56 Å². The Kier molecular flexibility index (Phi) is 4.01. The number of hydrogen-bond donors (Lipinski definition) is 1. The van der Waals surface area contributed by atoms with Crippen LogP contribution in [-0.2, 0) is 0 Å². The summed E-state index contributed by atoms with van der Waals surface area (Å²) >= 11 is 6.26. The summed E-state index contributed by atoms with van der Waals surface area (Å²) in [4.78, 5) is 19.3. The normalized spacial score (nSPS) is 11.0. The van der Waals surface area contributed by atoms with Crippen molar-refractivity contribution in [1.29, 1.82) is 0 Å². The number of fused-ring (bicyclic) bond motifs is 1. The molecule has 0 radical (unpaired) electrons. The molecule has 4 rings (SSSR count). The molecule has 0 aliphatic carbocycles. The highest BCUT2D eigenvalue weighted by Crippen LogP contribution is 2.34. The molecular formula is C20H11ClF2N2O. The molecule has 6 heteroatoms. The third-order valence-electron chi connectivity index (χ3n) is 4.12. The van der Waals surface area contributed by atoms with Gasteiger partial charge in [0, 0.05) is 34.8 Å². The van der Waals surface area contributed by atoms with Gasteiger partial charge >= 0.3 is 0 Å². The number of benzene rings is 2. The van der Waals surface area contributed by atoms with E-state index >= 15 is 0 Å². The van der Waals surface area contributed by atoms with Gasteiger partial charge in [0.25, 0.3) is 0 Å². The van der Waals surface area contributed by atoms with Gasteiger partial charge in [-0.25, -0.2) is 8.78 Å². The zero-order valence-corrected chi connectivity index (χ0v) is 14.0. The van der Waals surface area contributed by atoms with E-state index in [9.17, 15) is 13.6 Å². The first-order valence-electron chi connectivity index (χ1n) is 7.77. The lowest BCUT2D eigenvalue weighted by Crippen LogP contribution is -2.07. The summed E-state index contributed by atoms with van der Waals surface area (Å²) in [5.41, 5.74) is 1.64. The molecule has 0 aliphatic heterocycles. The van der Waals surface area contributed by atoms with E-state index in [1.54, 1.807) is 30.5 Å². The summed E-state index contributed by atoms with van der Waals surface area (Å²) in [6.45, 7) is 0. The Morgan fingerprint density at radius 1 is 0.923 bits per heavy atom. The Morgan fingerprint density at radius 3 is 2.50 bits per heavy atom. The number of rotatable bonds is 2. The lowest BCUT2D eigenvalue weighted by molar-refractivity contribution is 0.585. The molecule has 0 saturated heterocycles. The Balaban J connectivity index is 2.07. The van der Waals surface area contributed by atoms with Crippen molar-refractivity contribution in [3.63, 3.8) is 0 Å². The van der Waals surface area contributed by atoms with Crippen LogP contribution >= 0.6 is 11.6 Å². The van der Waals surface area contributed by atoms with Crippen LogP contribution in [0.3, 0.4) is 0 Å². The van der Waals surface area contributed by atoms with Gasteiger partial charge in [0.1, 0.15) is 11.6 Å². The standard InChI is InChI=1S/C20H11ClF2N2O/c21-16-4-2-1-3-14(16)19-20-13(7-8-24-19)15(10-18(26)25-20)12-6-5-11(22)9-17(12)23/h1-10H,(H,25,26). The van der Waals surface area contributed by atoms with Gasteiger partial charge in [-0.3, -0.25) is 9.78 Å². The number of nitrogens with one attached hydrogen (secondary N) is 1. The fraction of sp³-hybridized carbons (Fsp3) is 0. The molecule has 2 heterocycles. The van der Waals surface area contributed by atoms with E-state index in [2.05, 4.69) is 9.97 Å². The molecule has 26 heavy (non-hydrogen) atoms. The summed E-state index contributed by atoms with van der Waals surface area (Å²) < 4.78 is 27.5. The number of H-pyrrole nitrogens is 1. The molecule has 0 bridgehead atoms. The fourth-order valence-corrected chi connectivity index (χ4v) is 3.19. The zero-order valence-electron chi connectivity index (χ0n) is 13.3. The molecule has 0 spiro atoms. The molecule has 0 aliphatic rings. The molecular weight excluding hydrogens is 358 g/mol. The van der Waals surface area contributed by atoms with Crippen molar-refractivity contribution in [3.05, 3.63) is 87.8 Å². The largest absolute Gasteiger partial charge is 0.320 e. The van der Waals surface area contributed by atoms with Crippen molar-refractivity contribution in [2.24, 2.45) is 0 Å². The van der Waals surface area contributed by atoms with Crippen LogP contribution in [0.25, 0.3) is 33.3 Å². The summed E-state index contributed by atoms with van der Waals surface area (Å²) in [5.74, 6) is -1.42. The van der Waals surface area contributed by atoms with E-state index in [0.29, 0.717) is 32.7 Å². The minimum atomic E-state index is -0.743. The van der Waals surface area contributed by atoms with Crippen LogP contribution in [0.4, 0.5) is 8.78 Å². The second-order valence-corrected chi connectivity index (χ2v) is 6.14. The summed E-state index contributed by atoms with van der Waals surface area (Å²) in [5, 5.41) is 1.06. The molecule has 2 aromatic carbocycles. The van der Waals surface area contributed by atoms with Gasteiger partial charge in [-0.1, -0.05) is 29.8 Å². The van der Waals surface area contributed by atoms with Gasteiger partial charge in [0.2, 0.25) is 5.56 Å². The first-order valence-corrected chi connectivity index (χ1v) is 8.15. The minimum absolute atomic E-state index is 0.138. The maximum Gasteiger partial charge on any atom is 0.249 e. The predicted octanol–water partition coefficient (Wildman–Crippen LogP) is 5.19. The maximum atomic E-state index is 14.3. The van der Waals surface area contributed by atoms with Crippen molar-refractivity contribution in [2.75, 3.05) is 0 Å². The van der Waals surface area contributed by atoms with E-state index in [1.807, 2.05) is 6.07 Å². The molecule has 1 N–H and O–H groups in total. The molecule has 2 aromatic heterocycles. The Labute approximate surface area is 151 Å². The van der Waals surface area contributed by atoms with Crippen molar-refractivity contribution >= 4 is 22.5 Å². The van der Waals surface area contributed by atoms with Gasteiger partial charge in [-0.2, -0.15) is 0 Å². The second kappa shape index (κ2) is 6.35. The second-order valence-electron chi connectivity index (χ2n) is 5.73. The summed E-state index contributed by atoms with van der Waals surface area (Å²) in [6.07, 6.45) is 1.56. The number of pyridine rings is 2. The lowest BCUT2D eigenvalue weighted by atomic mass is 9.99. The topological polar surface area (TPSA) is 45.8 Å². The molecule has 0 fully saturated rings. The maximum absolute atomic E-state index is 14.3. The van der Waals surface area contributed by atoms with Crippen molar-refractivity contribution in [1.82, 2.24) is 9.97 Å². The van der Waals surface area contributed by atoms with E-state index in [4.69, 9.17) is 11.6 Å². The van der Waals surface area contributed by atoms with Crippen molar-refractivity contribution in [3.8, 4) is 22.4 Å². The first kappa shape index (κ1) is 16.4. The lowest BCUT2D eigenvalue weighted by Gasteiger charge is -2.11. The average Bonchev–Trinajstić information content (AvgIpc) is 2.61. The third-order valence-corrected chi connectivity index (χ3v) is 4.44. The third kappa shape index (κ3) is 2.76. The number of aromatic nitrogens is 2. The van der Waals surface area contributed by atoms with E-state index in [0.717, 1.165) is 12.1 Å². The van der Waals surface area contributed by atoms with Crippen LogP contribution in [0.15, 0.2) is 65.6 Å². The fourth-order valence-electron chi connectivity index (χ4n) is 2.97. The van der Waals surface area contributed by atoms with Gasteiger partial charge in [0.15, 0.2) is 0 Å². The van der Waals surface area contributed by atoms with Crippen LogP contribution in [0.2, 0.25) is 5.02 Å². The summed E-state index contributed by atoms with van der Waals surface area (Å²) in [7, 11) is 0. The SMILES string of the molecule is O=c1cc(-c2ccc(F)cc2F)c2ccnc(-c3ccccc3Cl)c2[nH]1. The van der Waals surface area contributed by atoms with E-state index in [-0.39, 0.29) is 5.56 Å². The number of aromatic amines is 1. The average molecular weight is 369 g/mol. The highest BCUT2D eigenvalue weighted by atomic mass is 35.5. The number of hydrogen-bond acceptors (Lipinski definition) is 2. The molecule has 128 valence electrons. The van der Waals surface area contributed by atoms with Crippen molar-refractivity contribution in [2.45, 2.75) is 0 Å². The molecule has 0 atom stereocenters. The smallest absolute Gasteiger partial charge is 0.249 e. The van der Waals surface area contributed by atoms with Gasteiger partial charge < -0.3 is 4.98 Å². The Hall–Kier alpha value is -3.05. The summed E-state index contributed by atoms with van der Waals surface area (Å²) in [6, 6.07) is 13.3. The highest BCUT2D eigenvalue weighted by molar-refractivity contribution is 6.33. The highest BCUT2D eigenvalue weighted by Gasteiger charge is 2.15. The zero-order chi connectivity index (χ0) is 18.3. The van der Waals surface area contributed by atoms with Crippen LogP contribution in [-0.4, -0.2) is 9.97 Å². The number of halogens is 3. The molecule has 0 amide bonds. The Morgan fingerprint density at radius 2 is 1.73 bits per heavy atom. The molecule has 0 saturated carbocycles. The van der Waals surface area contributed by atoms with Crippen LogP contribution in [0, 0.1) is 11.6 Å². The quantitative estimate of drug-likeness (QED) is 0.529. The van der Waals surface area contributed by atoms with Crippen LogP contribution in [0.1, 0.15) is 0 Å². The van der Waals surface area contributed by atoms with Gasteiger partial charge in [-0.05, 0) is 29.8 Å². The molecule has 3 nitrogen and oxygen atoms in total. The Bertz CT molecular complexity index is 1200. The van der Waals surface area contributed by atoms with E-state index in [1.165, 1.54) is 12.1 Å². The van der Waals surface area contributed by atoms with Crippen molar-refractivity contribution < 1.29 is 8.78 Å². The molecule has 4 aromatic rings. The first-order chi connectivity index (χ1) is 12.5. The number of nitrogens with zero attached hydrogens (tertiary/aromatic N) is 1. The van der Waals surface area contributed by atoms with E-state index < -0.39 is 17.2 Å². The van der Waals surface area contributed by atoms with Gasteiger partial charge in [-0.15, -0.1) is 0 Å². The predicted molar refractivity (Wildman–Crippen MR) is 98.2 cm³/mol. The van der Waals surface area contributed by atoms with Crippen LogP contribution in [0.5, 0.6) is 0 Å². The minimum Gasteiger partial charge on any atom is -0.320 e. The van der Waals surface area contributed by atoms with Gasteiger partial charge in [0.05, 0.1) is 16.2 Å². The monoisotopic (exact) mass is 368 g/mol. The molecule has 0 unspecified atom stereocenters.